The summed E-state index contributed by atoms with van der Waals surface area (Å²) in [5, 5.41) is 5.51. The summed E-state index contributed by atoms with van der Waals surface area (Å²) >= 11 is 7.38. The number of nitrogens with zero attached hydrogens (tertiary/aromatic N) is 2. The molecule has 4 rings (SSSR count). The van der Waals surface area contributed by atoms with Gasteiger partial charge in [-0.2, -0.15) is 0 Å². The summed E-state index contributed by atoms with van der Waals surface area (Å²) in [4.78, 5) is 8.66. The fourth-order valence-corrected chi connectivity index (χ4v) is 4.84. The molecule has 1 aromatic carbocycles. The lowest BCUT2D eigenvalue weighted by Gasteiger charge is -2.33. The number of rotatable bonds is 4. The Hall–Kier alpha value is -1.28. The maximum absolute atomic E-state index is 5.65. The Labute approximate surface area is 158 Å². The van der Waals surface area contributed by atoms with E-state index in [0.29, 0.717) is 6.10 Å². The molecular formula is C18H25N4OS2+. The van der Waals surface area contributed by atoms with E-state index < -0.39 is 0 Å². The zero-order chi connectivity index (χ0) is 17.1. The number of benzene rings is 1. The Bertz CT molecular complexity index is 688. The van der Waals surface area contributed by atoms with Crippen molar-refractivity contribution in [3.63, 3.8) is 0 Å². The van der Waals surface area contributed by atoms with Crippen molar-refractivity contribution in [1.82, 2.24) is 15.2 Å². The molecule has 2 fully saturated rings. The molecule has 2 aromatic rings. The lowest BCUT2D eigenvalue weighted by Crippen LogP contribution is -3.13. The van der Waals surface area contributed by atoms with Gasteiger partial charge in [-0.1, -0.05) is 12.1 Å². The Morgan fingerprint density at radius 3 is 2.96 bits per heavy atom. The summed E-state index contributed by atoms with van der Waals surface area (Å²) < 4.78 is 6.94. The number of aromatic nitrogens is 1. The van der Waals surface area contributed by atoms with Crippen molar-refractivity contribution in [3.8, 4) is 0 Å². The van der Waals surface area contributed by atoms with Gasteiger partial charge in [0.05, 0.1) is 42.5 Å². The molecule has 3 heterocycles. The number of para-hydroxylation sites is 1. The third kappa shape index (κ3) is 4.28. The Morgan fingerprint density at radius 1 is 1.36 bits per heavy atom. The first kappa shape index (κ1) is 17.1. The topological polar surface area (TPSA) is 41.8 Å². The number of nitrogens with one attached hydrogen (secondary N) is 2. The molecule has 0 spiro atoms. The van der Waals surface area contributed by atoms with Crippen LogP contribution in [0.4, 0.5) is 0 Å². The van der Waals surface area contributed by atoms with Crippen LogP contribution in [-0.4, -0.2) is 60.4 Å². The molecule has 0 amide bonds. The van der Waals surface area contributed by atoms with E-state index in [0.717, 1.165) is 62.9 Å². The summed E-state index contributed by atoms with van der Waals surface area (Å²) in [6.07, 6.45) is 2.66. The van der Waals surface area contributed by atoms with Gasteiger partial charge in [0, 0.05) is 13.2 Å². The minimum atomic E-state index is 0.337. The second-order valence-corrected chi connectivity index (χ2v) is 8.31. The van der Waals surface area contributed by atoms with E-state index in [1.54, 1.807) is 4.90 Å². The first-order chi connectivity index (χ1) is 12.3. The Morgan fingerprint density at radius 2 is 2.20 bits per heavy atom. The zero-order valence-electron chi connectivity index (χ0n) is 14.4. The van der Waals surface area contributed by atoms with E-state index in [9.17, 15) is 0 Å². The highest BCUT2D eigenvalue weighted by atomic mass is 32.1. The van der Waals surface area contributed by atoms with Gasteiger partial charge in [-0.05, 0) is 37.2 Å². The maximum Gasteiger partial charge on any atom is 0.169 e. The second-order valence-electron chi connectivity index (χ2n) is 6.81. The van der Waals surface area contributed by atoms with Gasteiger partial charge < -0.3 is 19.9 Å². The van der Waals surface area contributed by atoms with Crippen LogP contribution in [0.3, 0.4) is 0 Å². The number of thiocarbonyl (C=S) groups is 1. The molecule has 25 heavy (non-hydrogen) atoms. The molecule has 2 aliphatic rings. The van der Waals surface area contributed by atoms with E-state index in [1.807, 2.05) is 11.3 Å². The van der Waals surface area contributed by atoms with E-state index in [4.69, 9.17) is 21.9 Å². The lowest BCUT2D eigenvalue weighted by molar-refractivity contribution is -0.917. The number of hydrogen-bond donors (Lipinski definition) is 2. The van der Waals surface area contributed by atoms with Crippen LogP contribution in [0, 0.1) is 0 Å². The van der Waals surface area contributed by atoms with Gasteiger partial charge >= 0.3 is 0 Å². The van der Waals surface area contributed by atoms with Gasteiger partial charge in [-0.3, -0.25) is 0 Å². The van der Waals surface area contributed by atoms with Crippen molar-refractivity contribution in [2.45, 2.75) is 25.5 Å². The first-order valence-electron chi connectivity index (χ1n) is 9.10. The molecule has 0 radical (unpaired) electrons. The fourth-order valence-electron chi connectivity index (χ4n) is 3.53. The monoisotopic (exact) mass is 377 g/mol. The summed E-state index contributed by atoms with van der Waals surface area (Å²) in [5.41, 5.74) is 1.13. The molecule has 2 N–H and O–H groups in total. The van der Waals surface area contributed by atoms with Crippen LogP contribution in [0.1, 0.15) is 17.8 Å². The molecule has 5 nitrogen and oxygen atoms in total. The highest BCUT2D eigenvalue weighted by Gasteiger charge is 2.23. The average molecular weight is 378 g/mol. The third-order valence-corrected chi connectivity index (χ3v) is 6.44. The quantitative estimate of drug-likeness (QED) is 0.780. The number of thiazole rings is 1. The SMILES string of the molecule is S=C(NC[C@H]1CCCO1)N1CC[NH+](Cc2nc3ccccc3s2)CC1. The normalized spacial score (nSPS) is 21.8. The summed E-state index contributed by atoms with van der Waals surface area (Å²) in [7, 11) is 0. The van der Waals surface area contributed by atoms with Gasteiger partial charge in [0.1, 0.15) is 11.6 Å². The highest BCUT2D eigenvalue weighted by Crippen LogP contribution is 2.20. The maximum atomic E-state index is 5.65. The minimum absolute atomic E-state index is 0.337. The van der Waals surface area contributed by atoms with Crippen molar-refractivity contribution in [3.05, 3.63) is 29.3 Å². The van der Waals surface area contributed by atoms with Gasteiger partial charge in [-0.15, -0.1) is 11.3 Å². The number of piperazine rings is 1. The van der Waals surface area contributed by atoms with Crippen LogP contribution in [0.2, 0.25) is 0 Å². The molecule has 0 unspecified atom stereocenters. The molecule has 0 bridgehead atoms. The Kier molecular flexibility index (Phi) is 5.45. The number of quaternary nitrogens is 1. The standard InChI is InChI=1S/C18H24N4OS2/c24-18(19-12-14-4-3-11-23-14)22-9-7-21(8-10-22)13-17-20-15-5-1-2-6-16(15)25-17/h1-2,5-6,14H,3-4,7-13H2,(H,19,24)/p+1/t14-/m1/s1. The minimum Gasteiger partial charge on any atom is -0.376 e. The molecule has 2 saturated heterocycles. The van der Waals surface area contributed by atoms with Crippen molar-refractivity contribution >= 4 is 38.9 Å². The molecule has 134 valence electrons. The molecule has 1 aromatic heterocycles. The van der Waals surface area contributed by atoms with E-state index in [-0.39, 0.29) is 0 Å². The molecule has 7 heteroatoms. The average Bonchev–Trinajstić information content (AvgIpc) is 3.29. The smallest absolute Gasteiger partial charge is 0.169 e. The Balaban J connectivity index is 1.24. The second kappa shape index (κ2) is 7.95. The number of hydrogen-bond acceptors (Lipinski definition) is 4. The van der Waals surface area contributed by atoms with Crippen LogP contribution >= 0.6 is 23.6 Å². The zero-order valence-corrected chi connectivity index (χ0v) is 16.0. The first-order valence-corrected chi connectivity index (χ1v) is 10.3. The van der Waals surface area contributed by atoms with Crippen molar-refractivity contribution in [2.24, 2.45) is 0 Å². The third-order valence-electron chi connectivity index (χ3n) is 5.00. The van der Waals surface area contributed by atoms with Crippen molar-refractivity contribution in [2.75, 3.05) is 39.3 Å². The van der Waals surface area contributed by atoms with Crippen LogP contribution in [0.25, 0.3) is 10.2 Å². The number of fused-ring (bicyclic) bond motifs is 1. The molecule has 0 saturated carbocycles. The number of ether oxygens (including phenoxy) is 1. The van der Waals surface area contributed by atoms with Gasteiger partial charge in [0.25, 0.3) is 0 Å². The molecule has 1 atom stereocenters. The van der Waals surface area contributed by atoms with Crippen LogP contribution in [0.5, 0.6) is 0 Å². The summed E-state index contributed by atoms with van der Waals surface area (Å²) in [6, 6.07) is 8.39. The van der Waals surface area contributed by atoms with E-state index in [2.05, 4.69) is 34.5 Å². The predicted octanol–water partition coefficient (Wildman–Crippen LogP) is 1.05. The summed E-state index contributed by atoms with van der Waals surface area (Å²) in [5.74, 6) is 0. The summed E-state index contributed by atoms with van der Waals surface area (Å²) in [6.45, 7) is 7.00. The van der Waals surface area contributed by atoms with E-state index in [1.165, 1.54) is 16.1 Å². The van der Waals surface area contributed by atoms with Crippen molar-refractivity contribution in [1.29, 1.82) is 0 Å². The molecule has 0 aliphatic carbocycles. The van der Waals surface area contributed by atoms with Gasteiger partial charge in [-0.25, -0.2) is 4.98 Å². The lowest BCUT2D eigenvalue weighted by atomic mass is 10.2. The van der Waals surface area contributed by atoms with Crippen LogP contribution < -0.4 is 10.2 Å². The molecular weight excluding hydrogens is 352 g/mol. The van der Waals surface area contributed by atoms with Crippen LogP contribution in [-0.2, 0) is 11.3 Å². The predicted molar refractivity (Wildman–Crippen MR) is 105 cm³/mol. The fraction of sp³-hybridized carbons (Fsp3) is 0.556. The van der Waals surface area contributed by atoms with Gasteiger partial charge in [0.2, 0.25) is 0 Å². The van der Waals surface area contributed by atoms with E-state index >= 15 is 0 Å². The van der Waals surface area contributed by atoms with Crippen molar-refractivity contribution < 1.29 is 9.64 Å². The molecule has 2 aliphatic heterocycles. The van der Waals surface area contributed by atoms with Crippen LogP contribution in [0.15, 0.2) is 24.3 Å². The highest BCUT2D eigenvalue weighted by molar-refractivity contribution is 7.80. The van der Waals surface area contributed by atoms with Gasteiger partial charge in [0.15, 0.2) is 5.11 Å². The largest absolute Gasteiger partial charge is 0.376 e.